The quantitative estimate of drug-likeness (QED) is 0.686. The molecule has 1 fully saturated rings. The van der Waals surface area contributed by atoms with E-state index in [-0.39, 0.29) is 11.6 Å². The van der Waals surface area contributed by atoms with E-state index in [0.29, 0.717) is 5.76 Å². The van der Waals surface area contributed by atoms with Crippen LogP contribution in [0.5, 0.6) is 0 Å². The highest BCUT2D eigenvalue weighted by Crippen LogP contribution is 2.43. The summed E-state index contributed by atoms with van der Waals surface area (Å²) in [7, 11) is 0. The predicted octanol–water partition coefficient (Wildman–Crippen LogP) is 0.134. The van der Waals surface area contributed by atoms with Crippen LogP contribution in [0, 0.1) is 11.8 Å². The van der Waals surface area contributed by atoms with Gasteiger partial charge in [0.25, 0.3) is 0 Å². The van der Waals surface area contributed by atoms with Gasteiger partial charge in [0, 0.05) is 5.92 Å². The molecule has 94 valence electrons. The van der Waals surface area contributed by atoms with Gasteiger partial charge in [-0.1, -0.05) is 13.8 Å². The van der Waals surface area contributed by atoms with Crippen molar-refractivity contribution in [1.82, 2.24) is 4.90 Å². The average molecular weight is 241 g/mol. The van der Waals surface area contributed by atoms with Gasteiger partial charge < -0.3 is 14.9 Å². The number of nitrogens with zero attached hydrogens (tertiary/aromatic N) is 1. The molecule has 6 heteroatoms. The molecule has 0 aromatic heterocycles. The summed E-state index contributed by atoms with van der Waals surface area (Å²) in [6.07, 6.45) is -1.50. The van der Waals surface area contributed by atoms with Crippen LogP contribution in [0.1, 0.15) is 20.8 Å². The van der Waals surface area contributed by atoms with Crippen LogP contribution in [-0.2, 0) is 14.3 Å². The lowest BCUT2D eigenvalue weighted by Crippen LogP contribution is -2.62. The maximum Gasteiger partial charge on any atom is 0.356 e. The van der Waals surface area contributed by atoms with Gasteiger partial charge in [-0.2, -0.15) is 0 Å². The van der Waals surface area contributed by atoms with Crippen LogP contribution in [0.3, 0.4) is 0 Å². The number of aliphatic carboxylic acids is 1. The molecule has 2 aliphatic heterocycles. The van der Waals surface area contributed by atoms with Gasteiger partial charge in [0.05, 0.1) is 6.10 Å². The smallest absolute Gasteiger partial charge is 0.356 e. The van der Waals surface area contributed by atoms with E-state index in [2.05, 4.69) is 0 Å². The van der Waals surface area contributed by atoms with Crippen molar-refractivity contribution in [3.63, 3.8) is 0 Å². The van der Waals surface area contributed by atoms with E-state index in [9.17, 15) is 14.7 Å². The summed E-state index contributed by atoms with van der Waals surface area (Å²) in [6, 6.07) is 0. The van der Waals surface area contributed by atoms with Crippen molar-refractivity contribution < 1.29 is 24.5 Å². The number of aliphatic hydroxyl groups excluding tert-OH is 1. The van der Waals surface area contributed by atoms with E-state index in [0.717, 1.165) is 4.90 Å². The number of carboxylic acids is 1. The Morgan fingerprint density at radius 1 is 1.41 bits per heavy atom. The van der Waals surface area contributed by atoms with Gasteiger partial charge in [0.1, 0.15) is 11.7 Å². The second-order valence-corrected chi connectivity index (χ2v) is 4.66. The minimum atomic E-state index is -1.17. The molecule has 6 nitrogen and oxygen atoms in total. The first-order valence-electron chi connectivity index (χ1n) is 5.51. The van der Waals surface area contributed by atoms with Gasteiger partial charge in [0.2, 0.25) is 5.91 Å². The third kappa shape index (κ3) is 1.51. The monoisotopic (exact) mass is 241 g/mol. The van der Waals surface area contributed by atoms with Gasteiger partial charge >= 0.3 is 5.97 Å². The summed E-state index contributed by atoms with van der Waals surface area (Å²) >= 11 is 0. The molecule has 3 atom stereocenters. The molecule has 2 N–H and O–H groups in total. The Bertz CT molecular complexity index is 412. The Morgan fingerprint density at radius 3 is 2.41 bits per heavy atom. The SMILES string of the molecule is CC(C)C1=C(C(=O)O)N2C(=O)C([C@@H](C)O)[C@H]2O1. The Labute approximate surface area is 98.5 Å². The Balaban J connectivity index is 2.33. The van der Waals surface area contributed by atoms with E-state index >= 15 is 0 Å². The number of β-lactam (4-membered cyclic amide) rings is 1. The molecule has 0 spiro atoms. The van der Waals surface area contributed by atoms with Crippen molar-refractivity contribution in [1.29, 1.82) is 0 Å². The maximum atomic E-state index is 11.8. The molecule has 0 aliphatic carbocycles. The first kappa shape index (κ1) is 11.9. The Kier molecular flexibility index (Phi) is 2.61. The maximum absolute atomic E-state index is 11.8. The first-order chi connectivity index (χ1) is 7.86. The number of fused-ring (bicyclic) bond motifs is 1. The fourth-order valence-electron chi connectivity index (χ4n) is 2.22. The van der Waals surface area contributed by atoms with Gasteiger partial charge in [-0.25, -0.2) is 4.79 Å². The van der Waals surface area contributed by atoms with Crippen molar-refractivity contribution in [2.24, 2.45) is 11.8 Å². The summed E-state index contributed by atoms with van der Waals surface area (Å²) < 4.78 is 5.48. The molecule has 0 aromatic rings. The highest BCUT2D eigenvalue weighted by Gasteiger charge is 2.59. The molecule has 0 bridgehead atoms. The summed E-state index contributed by atoms with van der Waals surface area (Å²) in [5, 5.41) is 18.5. The van der Waals surface area contributed by atoms with Crippen molar-refractivity contribution >= 4 is 11.9 Å². The lowest BCUT2D eigenvalue weighted by molar-refractivity contribution is -0.182. The first-order valence-corrected chi connectivity index (χ1v) is 5.51. The highest BCUT2D eigenvalue weighted by atomic mass is 16.5. The zero-order chi connectivity index (χ0) is 12.9. The Hall–Kier alpha value is -1.56. The summed E-state index contributed by atoms with van der Waals surface area (Å²) in [5.41, 5.74) is -0.0908. The van der Waals surface area contributed by atoms with Crippen LogP contribution in [0.4, 0.5) is 0 Å². The molecule has 2 heterocycles. The number of carbonyl (C=O) groups excluding carboxylic acids is 1. The normalized spacial score (nSPS) is 29.0. The predicted molar refractivity (Wildman–Crippen MR) is 56.4 cm³/mol. The standard InChI is InChI=1S/C11H15NO5/c1-4(2)8-7(11(15)16)12-9(14)6(5(3)13)10(12)17-8/h4-6,10,13H,1-3H3,(H,15,16)/t5-,6?,10-/m1/s1. The van der Waals surface area contributed by atoms with Crippen LogP contribution in [-0.4, -0.2) is 39.3 Å². The highest BCUT2D eigenvalue weighted by molar-refractivity contribution is 5.98. The number of carbonyl (C=O) groups is 2. The number of hydrogen-bond donors (Lipinski definition) is 2. The van der Waals surface area contributed by atoms with Gasteiger partial charge in [-0.15, -0.1) is 0 Å². The zero-order valence-electron chi connectivity index (χ0n) is 9.88. The minimum absolute atomic E-state index is 0.0908. The van der Waals surface area contributed by atoms with E-state index < -0.39 is 30.1 Å². The molecular weight excluding hydrogens is 226 g/mol. The topological polar surface area (TPSA) is 87.1 Å². The van der Waals surface area contributed by atoms with Crippen LogP contribution < -0.4 is 0 Å². The summed E-state index contributed by atoms with van der Waals surface area (Å²) in [6.45, 7) is 5.09. The zero-order valence-corrected chi connectivity index (χ0v) is 9.88. The van der Waals surface area contributed by atoms with E-state index in [4.69, 9.17) is 9.84 Å². The molecule has 0 aromatic carbocycles. The molecule has 1 saturated heterocycles. The number of amides is 1. The van der Waals surface area contributed by atoms with Crippen molar-refractivity contribution in [2.75, 3.05) is 0 Å². The third-order valence-electron chi connectivity index (χ3n) is 3.05. The fourth-order valence-corrected chi connectivity index (χ4v) is 2.22. The number of rotatable bonds is 3. The van der Waals surface area contributed by atoms with Gasteiger partial charge in [0.15, 0.2) is 11.9 Å². The lowest BCUT2D eigenvalue weighted by atomic mass is 9.90. The molecule has 17 heavy (non-hydrogen) atoms. The fraction of sp³-hybridized carbons (Fsp3) is 0.636. The number of hydrogen-bond acceptors (Lipinski definition) is 4. The van der Waals surface area contributed by atoms with Crippen LogP contribution >= 0.6 is 0 Å². The van der Waals surface area contributed by atoms with Crippen LogP contribution in [0.15, 0.2) is 11.5 Å². The minimum Gasteiger partial charge on any atom is -0.476 e. The van der Waals surface area contributed by atoms with Crippen molar-refractivity contribution in [3.05, 3.63) is 11.5 Å². The van der Waals surface area contributed by atoms with Crippen molar-refractivity contribution in [2.45, 2.75) is 33.1 Å². The molecule has 1 amide bonds. The third-order valence-corrected chi connectivity index (χ3v) is 3.05. The number of allylic oxidation sites excluding steroid dienone is 1. The second-order valence-electron chi connectivity index (χ2n) is 4.66. The van der Waals surface area contributed by atoms with Crippen LogP contribution in [0.25, 0.3) is 0 Å². The van der Waals surface area contributed by atoms with Crippen molar-refractivity contribution in [3.8, 4) is 0 Å². The number of ether oxygens (including phenoxy) is 1. The largest absolute Gasteiger partial charge is 0.476 e. The van der Waals surface area contributed by atoms with E-state index in [1.807, 2.05) is 0 Å². The average Bonchev–Trinajstić information content (AvgIpc) is 2.52. The molecule has 1 unspecified atom stereocenters. The van der Waals surface area contributed by atoms with E-state index in [1.54, 1.807) is 13.8 Å². The van der Waals surface area contributed by atoms with Gasteiger partial charge in [-0.3, -0.25) is 9.69 Å². The molecule has 0 radical (unpaired) electrons. The lowest BCUT2D eigenvalue weighted by Gasteiger charge is -2.42. The van der Waals surface area contributed by atoms with Gasteiger partial charge in [-0.05, 0) is 6.92 Å². The Morgan fingerprint density at radius 2 is 2.00 bits per heavy atom. The molecule has 0 saturated carbocycles. The number of carboxylic acid groups (broad SMARTS) is 1. The molecular formula is C11H15NO5. The van der Waals surface area contributed by atoms with E-state index in [1.165, 1.54) is 6.92 Å². The molecule has 2 rings (SSSR count). The summed E-state index contributed by atoms with van der Waals surface area (Å²) in [4.78, 5) is 24.0. The number of aliphatic hydroxyl groups is 1. The summed E-state index contributed by atoms with van der Waals surface area (Å²) in [5.74, 6) is -2.04. The molecule has 2 aliphatic rings. The second kappa shape index (κ2) is 3.73. The van der Waals surface area contributed by atoms with Crippen LogP contribution in [0.2, 0.25) is 0 Å².